The summed E-state index contributed by atoms with van der Waals surface area (Å²) in [5.41, 5.74) is 0. The second kappa shape index (κ2) is 3.72. The van der Waals surface area contributed by atoms with Crippen LogP contribution in [0.25, 0.3) is 0 Å². The highest BCUT2D eigenvalue weighted by molar-refractivity contribution is 7.94. The zero-order valence-electron chi connectivity index (χ0n) is 8.20. The van der Waals surface area contributed by atoms with E-state index in [1.807, 2.05) is 0 Å². The number of rotatable bonds is 2. The van der Waals surface area contributed by atoms with Crippen molar-refractivity contribution in [2.75, 3.05) is 25.0 Å². The molecule has 0 spiro atoms. The van der Waals surface area contributed by atoms with Crippen molar-refractivity contribution < 1.29 is 26.4 Å². The number of hydrogen-bond acceptors (Lipinski definition) is 6. The molecule has 15 heavy (non-hydrogen) atoms. The Hall–Kier alpha value is -0.670. The van der Waals surface area contributed by atoms with Crippen molar-refractivity contribution in [3.05, 3.63) is 0 Å². The van der Waals surface area contributed by atoms with Crippen LogP contribution < -0.4 is 0 Å². The molecule has 0 aliphatic carbocycles. The van der Waals surface area contributed by atoms with E-state index in [4.69, 9.17) is 0 Å². The predicted octanol–water partition coefficient (Wildman–Crippen LogP) is -1.82. The Kier molecular flexibility index (Phi) is 3.08. The Morgan fingerprint density at radius 1 is 1.47 bits per heavy atom. The maximum atomic E-state index is 11.2. The average Bonchev–Trinajstić information content (AvgIpc) is 2.39. The van der Waals surface area contributed by atoms with Gasteiger partial charge in [-0.15, -0.1) is 0 Å². The molecule has 0 N–H and O–H groups in total. The molecule has 0 aromatic carbocycles. The molecule has 0 aromatic rings. The summed E-state index contributed by atoms with van der Waals surface area (Å²) in [6.07, 6.45) is 0.851. The number of nitrogens with zero attached hydrogens (tertiary/aromatic N) is 1. The molecule has 0 saturated carbocycles. The van der Waals surface area contributed by atoms with E-state index in [0.717, 1.165) is 13.4 Å². The van der Waals surface area contributed by atoms with Gasteiger partial charge in [0, 0.05) is 0 Å². The third kappa shape index (κ3) is 2.67. The molecule has 0 aromatic heterocycles. The lowest BCUT2D eigenvalue weighted by molar-refractivity contribution is -0.143. The number of carbonyl (C=O) groups is 1. The Balaban J connectivity index is 3.11. The second-order valence-electron chi connectivity index (χ2n) is 3.23. The molecule has 1 aliphatic rings. The Morgan fingerprint density at radius 2 is 2.00 bits per heavy atom. The fourth-order valence-corrected chi connectivity index (χ4v) is 4.74. The molecule has 0 unspecified atom stereocenters. The number of sulfone groups is 1. The molecule has 1 saturated heterocycles. The van der Waals surface area contributed by atoms with Gasteiger partial charge in [0.25, 0.3) is 0 Å². The van der Waals surface area contributed by atoms with Crippen LogP contribution in [0.15, 0.2) is 0 Å². The lowest BCUT2D eigenvalue weighted by Gasteiger charge is -2.17. The van der Waals surface area contributed by atoms with Crippen molar-refractivity contribution in [2.45, 2.75) is 6.04 Å². The van der Waals surface area contributed by atoms with Gasteiger partial charge < -0.3 is 4.74 Å². The molecular formula is C6H11NO6S2. The van der Waals surface area contributed by atoms with Crippen LogP contribution in [-0.2, 0) is 29.4 Å². The maximum Gasteiger partial charge on any atom is 0.325 e. The van der Waals surface area contributed by atoms with E-state index in [1.165, 1.54) is 0 Å². The quantitative estimate of drug-likeness (QED) is 0.540. The van der Waals surface area contributed by atoms with E-state index < -0.39 is 43.5 Å². The highest BCUT2D eigenvalue weighted by Crippen LogP contribution is 2.19. The molecule has 9 heteroatoms. The molecule has 0 bridgehead atoms. The van der Waals surface area contributed by atoms with Gasteiger partial charge in [0.15, 0.2) is 9.84 Å². The van der Waals surface area contributed by atoms with Crippen molar-refractivity contribution in [1.29, 1.82) is 0 Å². The average molecular weight is 257 g/mol. The lowest BCUT2D eigenvalue weighted by atomic mass is 10.3. The molecular weight excluding hydrogens is 246 g/mol. The Labute approximate surface area is 88.0 Å². The van der Waals surface area contributed by atoms with Crippen LogP contribution in [0.2, 0.25) is 0 Å². The molecule has 1 atom stereocenters. The SMILES string of the molecule is COC(=O)[C@@H]1CS(=O)(=O)CN1S(C)(=O)=O. The van der Waals surface area contributed by atoms with Crippen LogP contribution in [0.1, 0.15) is 0 Å². The van der Waals surface area contributed by atoms with Gasteiger partial charge in [0.2, 0.25) is 10.0 Å². The van der Waals surface area contributed by atoms with E-state index in [0.29, 0.717) is 4.31 Å². The fourth-order valence-electron chi connectivity index (χ4n) is 1.31. The van der Waals surface area contributed by atoms with Crippen LogP contribution in [0, 0.1) is 0 Å². The van der Waals surface area contributed by atoms with Crippen molar-refractivity contribution in [3.8, 4) is 0 Å². The van der Waals surface area contributed by atoms with Crippen LogP contribution in [0.4, 0.5) is 0 Å². The van der Waals surface area contributed by atoms with E-state index >= 15 is 0 Å². The van der Waals surface area contributed by atoms with E-state index in [2.05, 4.69) is 4.74 Å². The lowest BCUT2D eigenvalue weighted by Crippen LogP contribution is -2.41. The first kappa shape index (κ1) is 12.4. The van der Waals surface area contributed by atoms with Gasteiger partial charge in [0.1, 0.15) is 11.9 Å². The van der Waals surface area contributed by atoms with Gasteiger partial charge in [-0.2, -0.15) is 4.31 Å². The summed E-state index contributed by atoms with van der Waals surface area (Å²) in [6, 6.07) is -1.25. The van der Waals surface area contributed by atoms with E-state index in [1.54, 1.807) is 0 Å². The first-order chi connectivity index (χ1) is 6.67. The maximum absolute atomic E-state index is 11.2. The molecule has 1 fully saturated rings. The van der Waals surface area contributed by atoms with Crippen molar-refractivity contribution in [2.24, 2.45) is 0 Å². The predicted molar refractivity (Wildman–Crippen MR) is 51.1 cm³/mol. The second-order valence-corrected chi connectivity index (χ2v) is 7.24. The monoisotopic (exact) mass is 257 g/mol. The summed E-state index contributed by atoms with van der Waals surface area (Å²) < 4.78 is 49.8. The van der Waals surface area contributed by atoms with Gasteiger partial charge >= 0.3 is 5.97 Å². The number of esters is 1. The molecule has 1 aliphatic heterocycles. The topological polar surface area (TPSA) is 97.8 Å². The highest BCUT2D eigenvalue weighted by atomic mass is 32.2. The van der Waals surface area contributed by atoms with Crippen molar-refractivity contribution in [1.82, 2.24) is 4.31 Å². The van der Waals surface area contributed by atoms with Gasteiger partial charge in [-0.25, -0.2) is 16.8 Å². The van der Waals surface area contributed by atoms with Crippen molar-refractivity contribution >= 4 is 25.8 Å². The molecule has 1 heterocycles. The number of sulfonamides is 1. The summed E-state index contributed by atoms with van der Waals surface area (Å²) in [5, 5.41) is 0. The summed E-state index contributed by atoms with van der Waals surface area (Å²) in [5.74, 6) is -2.04. The van der Waals surface area contributed by atoms with Gasteiger partial charge in [-0.3, -0.25) is 4.79 Å². The molecule has 1 rings (SSSR count). The summed E-state index contributed by atoms with van der Waals surface area (Å²) in [4.78, 5) is 11.2. The number of ether oxygens (including phenoxy) is 1. The third-order valence-corrected chi connectivity index (χ3v) is 4.88. The Bertz CT molecular complexity index is 464. The number of hydrogen-bond donors (Lipinski definition) is 0. The first-order valence-corrected chi connectivity index (χ1v) is 7.59. The van der Waals surface area contributed by atoms with Crippen LogP contribution in [0.3, 0.4) is 0 Å². The highest BCUT2D eigenvalue weighted by Gasteiger charge is 2.45. The molecule has 0 amide bonds. The molecule has 7 nitrogen and oxygen atoms in total. The smallest absolute Gasteiger partial charge is 0.325 e. The Morgan fingerprint density at radius 3 is 2.40 bits per heavy atom. The van der Waals surface area contributed by atoms with Gasteiger partial charge in [0.05, 0.1) is 19.1 Å². The van der Waals surface area contributed by atoms with Crippen LogP contribution >= 0.6 is 0 Å². The minimum atomic E-state index is -3.72. The van der Waals surface area contributed by atoms with Gasteiger partial charge in [-0.05, 0) is 0 Å². The fraction of sp³-hybridized carbons (Fsp3) is 0.833. The zero-order chi connectivity index (χ0) is 11.9. The van der Waals surface area contributed by atoms with Crippen LogP contribution in [0.5, 0.6) is 0 Å². The summed E-state index contributed by atoms with van der Waals surface area (Å²) in [7, 11) is -6.18. The van der Waals surface area contributed by atoms with Gasteiger partial charge in [-0.1, -0.05) is 0 Å². The minimum absolute atomic E-state index is 0.521. The minimum Gasteiger partial charge on any atom is -0.468 e. The van der Waals surface area contributed by atoms with E-state index in [-0.39, 0.29) is 0 Å². The zero-order valence-corrected chi connectivity index (χ0v) is 9.84. The number of methoxy groups -OCH3 is 1. The first-order valence-electron chi connectivity index (χ1n) is 3.92. The third-order valence-electron chi connectivity index (χ3n) is 1.98. The summed E-state index contributed by atoms with van der Waals surface area (Å²) >= 11 is 0. The standard InChI is InChI=1S/C6H11NO6S2/c1-13-6(8)5-3-15(11,12)4-7(5)14(2,9)10/h5H,3-4H2,1-2H3/t5-/m0/s1. The molecule has 88 valence electrons. The van der Waals surface area contributed by atoms with Crippen molar-refractivity contribution in [3.63, 3.8) is 0 Å². The number of carbonyl (C=O) groups excluding carboxylic acids is 1. The summed E-state index contributed by atoms with van der Waals surface area (Å²) in [6.45, 7) is 0. The normalized spacial score (nSPS) is 26.4. The largest absolute Gasteiger partial charge is 0.468 e. The van der Waals surface area contributed by atoms with E-state index in [9.17, 15) is 21.6 Å². The molecule has 0 radical (unpaired) electrons. The van der Waals surface area contributed by atoms with Crippen LogP contribution in [-0.4, -0.2) is 58.1 Å².